The molecule has 300 valence electrons. The van der Waals surface area contributed by atoms with Gasteiger partial charge in [-0.2, -0.15) is 0 Å². The van der Waals surface area contributed by atoms with Crippen molar-refractivity contribution in [2.24, 2.45) is 0 Å². The van der Waals surface area contributed by atoms with Crippen LogP contribution in [0.3, 0.4) is 0 Å². The highest BCUT2D eigenvalue weighted by molar-refractivity contribution is 7.99. The minimum atomic E-state index is -0.0778. The molecule has 0 spiro atoms. The molecule has 0 aliphatic carbocycles. The van der Waals surface area contributed by atoms with Crippen molar-refractivity contribution in [3.63, 3.8) is 0 Å². The Morgan fingerprint density at radius 3 is 1.89 bits per heavy atom. The lowest BCUT2D eigenvalue weighted by molar-refractivity contribution is 0.590. The number of hydrogen-bond acceptors (Lipinski definition) is 6. The molecule has 6 aromatic carbocycles. The molecule has 0 saturated heterocycles. The van der Waals surface area contributed by atoms with Gasteiger partial charge in [0.2, 0.25) is 0 Å². The second-order valence-electron chi connectivity index (χ2n) is 18.0. The quantitative estimate of drug-likeness (QED) is 0.166. The number of rotatable bonds is 6. The molecule has 6 heteroatoms. The molecule has 0 fully saturated rings. The molecule has 0 radical (unpaired) electrons. The van der Waals surface area contributed by atoms with Gasteiger partial charge in [-0.3, -0.25) is 4.90 Å². The maximum atomic E-state index is 5.02. The van der Waals surface area contributed by atoms with E-state index >= 15 is 0 Å². The Morgan fingerprint density at radius 2 is 1.15 bits per heavy atom. The molecule has 0 saturated carbocycles. The summed E-state index contributed by atoms with van der Waals surface area (Å²) in [5.41, 5.74) is 15.4. The Kier molecular flexibility index (Phi) is 9.56. The molecule has 2 aromatic heterocycles. The van der Waals surface area contributed by atoms with Crippen LogP contribution in [0.15, 0.2) is 186 Å². The number of anilines is 7. The van der Waals surface area contributed by atoms with Crippen LogP contribution in [0.4, 0.5) is 40.1 Å². The van der Waals surface area contributed by atoms with Crippen molar-refractivity contribution >= 4 is 51.8 Å². The van der Waals surface area contributed by atoms with Gasteiger partial charge in [0.05, 0.1) is 22.7 Å². The largest absolute Gasteiger partial charge is 0.319 e. The Labute approximate surface area is 364 Å². The predicted molar refractivity (Wildman–Crippen MR) is 257 cm³/mol. The number of nitrogens with zero attached hydrogens (tertiary/aromatic N) is 5. The van der Waals surface area contributed by atoms with Crippen molar-refractivity contribution < 1.29 is 0 Å². The topological polar surface area (TPSA) is 35.5 Å². The third kappa shape index (κ3) is 7.05. The lowest BCUT2D eigenvalue weighted by Gasteiger charge is -2.31. The molecule has 10 rings (SSSR count). The third-order valence-corrected chi connectivity index (χ3v) is 12.8. The average Bonchev–Trinajstić information content (AvgIpc) is 3.61. The Balaban J connectivity index is 1.05. The van der Waals surface area contributed by atoms with Gasteiger partial charge in [0.1, 0.15) is 12.5 Å². The number of benzene rings is 6. The van der Waals surface area contributed by atoms with Gasteiger partial charge < -0.3 is 9.80 Å². The van der Waals surface area contributed by atoms with E-state index in [4.69, 9.17) is 9.97 Å². The zero-order chi connectivity index (χ0) is 41.9. The van der Waals surface area contributed by atoms with Crippen LogP contribution in [-0.2, 0) is 10.8 Å². The summed E-state index contributed by atoms with van der Waals surface area (Å²) in [6.07, 6.45) is 3.80. The summed E-state index contributed by atoms with van der Waals surface area (Å²) in [6, 6.07) is 59.5. The summed E-state index contributed by atoms with van der Waals surface area (Å²) in [5, 5.41) is 0. The van der Waals surface area contributed by atoms with Gasteiger partial charge in [-0.15, -0.1) is 0 Å². The third-order valence-electron chi connectivity index (χ3n) is 11.9. The van der Waals surface area contributed by atoms with Crippen LogP contribution >= 0.6 is 11.8 Å². The number of hydrogen-bond donors (Lipinski definition) is 0. The van der Waals surface area contributed by atoms with Crippen LogP contribution in [0.2, 0.25) is 0 Å². The molecule has 5 nitrogen and oxygen atoms in total. The first-order chi connectivity index (χ1) is 29.5. The van der Waals surface area contributed by atoms with Crippen molar-refractivity contribution in [1.29, 1.82) is 0 Å². The molecule has 0 amide bonds. The summed E-state index contributed by atoms with van der Waals surface area (Å²) in [4.78, 5) is 19.5. The Morgan fingerprint density at radius 1 is 0.475 bits per heavy atom. The Bertz CT molecular complexity index is 2910. The molecular weight excluding hydrogens is 763 g/mol. The lowest BCUT2D eigenvalue weighted by Crippen LogP contribution is -2.27. The van der Waals surface area contributed by atoms with E-state index in [1.807, 2.05) is 18.5 Å². The first-order valence-electron chi connectivity index (χ1n) is 21.1. The van der Waals surface area contributed by atoms with E-state index in [1.165, 1.54) is 50.2 Å². The van der Waals surface area contributed by atoms with Gasteiger partial charge in [-0.25, -0.2) is 9.97 Å². The summed E-state index contributed by atoms with van der Waals surface area (Å²) >= 11 is 1.78. The summed E-state index contributed by atoms with van der Waals surface area (Å²) in [7, 11) is 0. The standard InChI is InChI=1S/C55H49N5S/c1-54(2,3)38-27-29-45-43-21-10-11-22-44(43)46-30-28-41(35-50(46)60(49(45)33-38)51-26-12-13-31-56-51)61-40-20-14-19-39(34-40)58-36-59(48-25-16-32-57-53(48)58)52-42(37-17-8-7-9-18-37)23-15-24-47(52)55(4,5)6/h7-35H,36H2,1-6H3. The second-order valence-corrected chi connectivity index (χ2v) is 19.1. The van der Waals surface area contributed by atoms with Crippen LogP contribution in [0.1, 0.15) is 52.7 Å². The van der Waals surface area contributed by atoms with Gasteiger partial charge in [0.15, 0.2) is 5.82 Å². The first kappa shape index (κ1) is 38.6. The van der Waals surface area contributed by atoms with Crippen molar-refractivity contribution in [3.8, 4) is 33.4 Å². The molecule has 8 aromatic rings. The summed E-state index contributed by atoms with van der Waals surface area (Å²) in [5.74, 6) is 1.84. The monoisotopic (exact) mass is 811 g/mol. The Hall–Kier alpha value is -6.63. The van der Waals surface area contributed by atoms with E-state index in [0.29, 0.717) is 6.67 Å². The van der Waals surface area contributed by atoms with Crippen molar-refractivity contribution in [2.45, 2.75) is 62.2 Å². The maximum absolute atomic E-state index is 5.02. The highest BCUT2D eigenvalue weighted by atomic mass is 32.2. The fraction of sp³-hybridized carbons (Fsp3) is 0.164. The fourth-order valence-corrected chi connectivity index (χ4v) is 9.75. The van der Waals surface area contributed by atoms with Crippen LogP contribution in [-0.4, -0.2) is 16.6 Å². The van der Waals surface area contributed by atoms with Gasteiger partial charge >= 0.3 is 0 Å². The SMILES string of the molecule is CC(C)(C)c1ccc2c(c1)N(c1ccccn1)c1cc(Sc3cccc(N4CN(c5c(-c6ccccc6)cccc5C(C)(C)C)c5cccnc54)c3)ccc1-c1ccccc1-2. The van der Waals surface area contributed by atoms with E-state index in [1.54, 1.807) is 11.8 Å². The van der Waals surface area contributed by atoms with E-state index < -0.39 is 0 Å². The van der Waals surface area contributed by atoms with Crippen molar-refractivity contribution in [1.82, 2.24) is 9.97 Å². The van der Waals surface area contributed by atoms with E-state index in [2.05, 4.69) is 214 Å². The van der Waals surface area contributed by atoms with Crippen molar-refractivity contribution in [2.75, 3.05) is 21.4 Å². The number of fused-ring (bicyclic) bond motifs is 6. The zero-order valence-corrected chi connectivity index (χ0v) is 36.4. The lowest BCUT2D eigenvalue weighted by atomic mass is 9.83. The molecule has 0 bridgehead atoms. The van der Waals surface area contributed by atoms with Crippen LogP contribution in [0.25, 0.3) is 33.4 Å². The predicted octanol–water partition coefficient (Wildman–Crippen LogP) is 15.3. The smallest absolute Gasteiger partial charge is 0.158 e. The molecule has 61 heavy (non-hydrogen) atoms. The van der Waals surface area contributed by atoms with Crippen LogP contribution in [0, 0.1) is 0 Å². The molecule has 2 aliphatic rings. The molecule has 0 atom stereocenters. The van der Waals surface area contributed by atoms with Crippen LogP contribution in [0.5, 0.6) is 0 Å². The maximum Gasteiger partial charge on any atom is 0.158 e. The first-order valence-corrected chi connectivity index (χ1v) is 21.9. The summed E-state index contributed by atoms with van der Waals surface area (Å²) < 4.78 is 0. The minimum absolute atomic E-state index is 0.0231. The normalized spacial score (nSPS) is 13.3. The summed E-state index contributed by atoms with van der Waals surface area (Å²) in [6.45, 7) is 14.4. The van der Waals surface area contributed by atoms with Gasteiger partial charge in [0.25, 0.3) is 0 Å². The van der Waals surface area contributed by atoms with Gasteiger partial charge in [-0.1, -0.05) is 156 Å². The second kappa shape index (κ2) is 15.1. The molecule has 0 N–H and O–H groups in total. The molecular formula is C55H49N5S. The highest BCUT2D eigenvalue weighted by Gasteiger charge is 2.34. The van der Waals surface area contributed by atoms with E-state index in [-0.39, 0.29) is 10.8 Å². The number of aromatic nitrogens is 2. The number of para-hydroxylation sites is 1. The van der Waals surface area contributed by atoms with Gasteiger partial charge in [-0.05, 0) is 99.3 Å². The molecule has 0 unspecified atom stereocenters. The van der Waals surface area contributed by atoms with Crippen LogP contribution < -0.4 is 14.7 Å². The highest BCUT2D eigenvalue weighted by Crippen LogP contribution is 2.53. The zero-order valence-electron chi connectivity index (χ0n) is 35.6. The minimum Gasteiger partial charge on any atom is -0.319 e. The molecule has 4 heterocycles. The van der Waals surface area contributed by atoms with Gasteiger partial charge in [0, 0.05) is 44.6 Å². The average molecular weight is 812 g/mol. The number of pyridine rings is 2. The fourth-order valence-electron chi connectivity index (χ4n) is 8.84. The van der Waals surface area contributed by atoms with Crippen molar-refractivity contribution in [3.05, 3.63) is 187 Å². The van der Waals surface area contributed by atoms with E-state index in [9.17, 15) is 0 Å². The molecule has 2 aliphatic heterocycles. The van der Waals surface area contributed by atoms with E-state index in [0.717, 1.165) is 44.2 Å².